The number of hydrogen-bond acceptors (Lipinski definition) is 3. The molecule has 1 aromatic rings. The van der Waals surface area contributed by atoms with Gasteiger partial charge in [0.15, 0.2) is 5.69 Å². The van der Waals surface area contributed by atoms with Crippen LogP contribution in [0.5, 0.6) is 0 Å². The third-order valence-electron chi connectivity index (χ3n) is 0.875. The predicted octanol–water partition coefficient (Wildman–Crippen LogP) is -0.344. The van der Waals surface area contributed by atoms with Crippen molar-refractivity contribution in [1.29, 1.82) is 0 Å². The average Bonchev–Trinajstić information content (AvgIpc) is 2.37. The molecule has 0 fully saturated rings. The van der Waals surface area contributed by atoms with Crippen molar-refractivity contribution in [3.8, 4) is 0 Å². The van der Waals surface area contributed by atoms with Crippen LogP contribution in [0.4, 0.5) is 0 Å². The summed E-state index contributed by atoms with van der Waals surface area (Å²) in [5.74, 6) is -0.233. The molecule has 0 unspecified atom stereocenters. The van der Waals surface area contributed by atoms with Gasteiger partial charge in [0.1, 0.15) is 0 Å². The van der Waals surface area contributed by atoms with Crippen LogP contribution in [0, 0.1) is 0 Å². The number of aromatic amines is 1. The Morgan fingerprint density at radius 1 is 2.00 bits per heavy atom. The topological polar surface area (TPSA) is 70.7 Å². The molecule has 1 heterocycles. The summed E-state index contributed by atoms with van der Waals surface area (Å²) in [6.07, 6.45) is 1.36. The quantitative estimate of drug-likeness (QED) is 0.546. The van der Waals surface area contributed by atoms with Crippen molar-refractivity contribution in [2.24, 2.45) is 0 Å². The monoisotopic (exact) mass is 130 g/mol. The lowest BCUT2D eigenvalue weighted by molar-refractivity contribution is 0.0958. The molecule has 0 atom stereocenters. The fraction of sp³-hybridized carbons (Fsp3) is 0.250. The van der Waals surface area contributed by atoms with Crippen molar-refractivity contribution in [3.63, 3.8) is 0 Å². The van der Waals surface area contributed by atoms with Crippen LogP contribution in [-0.4, -0.2) is 28.4 Å². The maximum atomic E-state index is 10.6. The SMILES string of the molecule is CNC(=O)c1cn[nH]n1.[HH].[HH]. The molecule has 0 aliphatic heterocycles. The molecule has 0 radical (unpaired) electrons. The molecule has 0 bridgehead atoms. The van der Waals surface area contributed by atoms with E-state index in [-0.39, 0.29) is 8.76 Å². The highest BCUT2D eigenvalue weighted by molar-refractivity contribution is 5.91. The number of carbonyl (C=O) groups is 1. The van der Waals surface area contributed by atoms with Crippen LogP contribution in [-0.2, 0) is 0 Å². The summed E-state index contributed by atoms with van der Waals surface area (Å²) in [5.41, 5.74) is 0.303. The summed E-state index contributed by atoms with van der Waals surface area (Å²) >= 11 is 0. The smallest absolute Gasteiger partial charge is 0.273 e. The molecule has 1 aromatic heterocycles. The molecule has 1 amide bonds. The number of amides is 1. The zero-order valence-corrected chi connectivity index (χ0v) is 4.88. The lowest BCUT2D eigenvalue weighted by Gasteiger charge is -1.88. The van der Waals surface area contributed by atoms with Crippen molar-refractivity contribution >= 4 is 5.91 Å². The van der Waals surface area contributed by atoms with E-state index >= 15 is 0 Å². The van der Waals surface area contributed by atoms with Gasteiger partial charge in [-0.05, 0) is 0 Å². The number of nitrogens with one attached hydrogen (secondary N) is 2. The molecule has 0 spiro atoms. The van der Waals surface area contributed by atoms with E-state index in [4.69, 9.17) is 0 Å². The lowest BCUT2D eigenvalue weighted by atomic mass is 10.5. The highest BCUT2D eigenvalue weighted by atomic mass is 16.1. The zero-order valence-electron chi connectivity index (χ0n) is 4.88. The Morgan fingerprint density at radius 2 is 2.78 bits per heavy atom. The molecule has 2 N–H and O–H groups in total. The average molecular weight is 130 g/mol. The van der Waals surface area contributed by atoms with E-state index < -0.39 is 0 Å². The maximum absolute atomic E-state index is 10.6. The number of hydrogen-bond donors (Lipinski definition) is 2. The van der Waals surface area contributed by atoms with E-state index in [0.717, 1.165) is 0 Å². The van der Waals surface area contributed by atoms with Crippen molar-refractivity contribution < 1.29 is 7.65 Å². The van der Waals surface area contributed by atoms with Crippen LogP contribution in [0.2, 0.25) is 0 Å². The van der Waals surface area contributed by atoms with E-state index in [1.807, 2.05) is 0 Å². The van der Waals surface area contributed by atoms with E-state index in [1.165, 1.54) is 13.2 Å². The van der Waals surface area contributed by atoms with E-state index in [2.05, 4.69) is 20.7 Å². The van der Waals surface area contributed by atoms with Gasteiger partial charge in [0.25, 0.3) is 5.91 Å². The summed E-state index contributed by atoms with van der Waals surface area (Å²) < 4.78 is 0. The minimum absolute atomic E-state index is 0. The van der Waals surface area contributed by atoms with E-state index in [1.54, 1.807) is 0 Å². The van der Waals surface area contributed by atoms with Crippen LogP contribution in [0.3, 0.4) is 0 Å². The normalized spacial score (nSPS) is 9.00. The van der Waals surface area contributed by atoms with Gasteiger partial charge in [-0.2, -0.15) is 15.4 Å². The molecule has 52 valence electrons. The summed E-state index contributed by atoms with van der Waals surface area (Å²) in [6, 6.07) is 0. The second-order valence-electron chi connectivity index (χ2n) is 1.43. The molecule has 0 saturated carbocycles. The van der Waals surface area contributed by atoms with Crippen molar-refractivity contribution in [1.82, 2.24) is 20.7 Å². The standard InChI is InChI=1S/C4H6N4O.2H2/c1-5-4(9)3-2-6-8-7-3;;/h2H,1H3,(H,5,9)(H,6,7,8);2*1H. The minimum atomic E-state index is -0.233. The highest BCUT2D eigenvalue weighted by Crippen LogP contribution is 1.84. The first-order chi connectivity index (χ1) is 4.34. The Kier molecular flexibility index (Phi) is 1.44. The van der Waals surface area contributed by atoms with Crippen LogP contribution in [0.1, 0.15) is 13.3 Å². The molecular formula is C4H10N4O. The Bertz CT molecular complexity index is 200. The summed E-state index contributed by atoms with van der Waals surface area (Å²) in [4.78, 5) is 10.6. The van der Waals surface area contributed by atoms with E-state index in [0.29, 0.717) is 5.69 Å². The van der Waals surface area contributed by atoms with Gasteiger partial charge in [0.2, 0.25) is 0 Å². The van der Waals surface area contributed by atoms with E-state index in [9.17, 15) is 4.79 Å². The van der Waals surface area contributed by atoms with Crippen molar-refractivity contribution in [2.45, 2.75) is 0 Å². The predicted molar refractivity (Wildman–Crippen MR) is 34.0 cm³/mol. The molecule has 0 aromatic carbocycles. The Balaban J connectivity index is 0. The Labute approximate surface area is 54.4 Å². The largest absolute Gasteiger partial charge is 0.354 e. The molecule has 1 rings (SSSR count). The molecule has 0 aliphatic rings. The number of nitrogens with zero attached hydrogens (tertiary/aromatic N) is 2. The summed E-state index contributed by atoms with van der Waals surface area (Å²) in [7, 11) is 1.54. The first-order valence-electron chi connectivity index (χ1n) is 2.42. The molecular weight excluding hydrogens is 120 g/mol. The first kappa shape index (κ1) is 5.74. The number of carbonyl (C=O) groups excluding carboxylic acids is 1. The van der Waals surface area contributed by atoms with Gasteiger partial charge in [-0.25, -0.2) is 0 Å². The van der Waals surface area contributed by atoms with Crippen molar-refractivity contribution in [2.75, 3.05) is 7.05 Å². The van der Waals surface area contributed by atoms with Gasteiger partial charge in [-0.1, -0.05) is 0 Å². The maximum Gasteiger partial charge on any atom is 0.273 e. The number of aromatic nitrogens is 3. The van der Waals surface area contributed by atoms with Gasteiger partial charge in [-0.3, -0.25) is 4.79 Å². The lowest BCUT2D eigenvalue weighted by Crippen LogP contribution is -2.17. The fourth-order valence-corrected chi connectivity index (χ4v) is 0.439. The van der Waals surface area contributed by atoms with Gasteiger partial charge >= 0.3 is 0 Å². The fourth-order valence-electron chi connectivity index (χ4n) is 0.439. The second-order valence-corrected chi connectivity index (χ2v) is 1.43. The zero-order chi connectivity index (χ0) is 6.69. The van der Waals surface area contributed by atoms with Crippen LogP contribution < -0.4 is 5.32 Å². The summed E-state index contributed by atoms with van der Waals surface area (Å²) in [5, 5.41) is 11.7. The van der Waals surface area contributed by atoms with Gasteiger partial charge in [0.05, 0.1) is 6.20 Å². The molecule has 9 heavy (non-hydrogen) atoms. The molecule has 5 heteroatoms. The van der Waals surface area contributed by atoms with Crippen LogP contribution in [0.25, 0.3) is 0 Å². The van der Waals surface area contributed by atoms with Crippen LogP contribution >= 0.6 is 0 Å². The highest BCUT2D eigenvalue weighted by Gasteiger charge is 2.03. The van der Waals surface area contributed by atoms with Gasteiger partial charge in [-0.15, -0.1) is 0 Å². The number of rotatable bonds is 1. The third kappa shape index (κ3) is 1.04. The second kappa shape index (κ2) is 2.25. The van der Waals surface area contributed by atoms with Crippen LogP contribution in [0.15, 0.2) is 6.20 Å². The Morgan fingerprint density at radius 3 is 3.22 bits per heavy atom. The first-order valence-corrected chi connectivity index (χ1v) is 2.42. The van der Waals surface area contributed by atoms with Crippen molar-refractivity contribution in [3.05, 3.63) is 11.9 Å². The van der Waals surface area contributed by atoms with Gasteiger partial charge < -0.3 is 5.32 Å². The molecule has 0 aliphatic carbocycles. The third-order valence-corrected chi connectivity index (χ3v) is 0.875. The Hall–Kier alpha value is -1.39. The number of H-pyrrole nitrogens is 1. The van der Waals surface area contributed by atoms with Gasteiger partial charge in [0, 0.05) is 9.90 Å². The summed E-state index contributed by atoms with van der Waals surface area (Å²) in [6.45, 7) is 0. The molecule has 0 saturated heterocycles. The minimum Gasteiger partial charge on any atom is -0.354 e. The molecule has 5 nitrogen and oxygen atoms in total.